The third kappa shape index (κ3) is 2.16. The maximum Gasteiger partial charge on any atom is 0.231 e. The molecule has 0 N–H and O–H groups in total. The predicted molar refractivity (Wildman–Crippen MR) is 64.8 cm³/mol. The average molecular weight is 249 g/mol. The van der Waals surface area contributed by atoms with Crippen molar-refractivity contribution in [3.05, 3.63) is 23.8 Å². The first-order valence-corrected chi connectivity index (χ1v) is 5.68. The van der Waals surface area contributed by atoms with Gasteiger partial charge in [0.05, 0.1) is 6.04 Å². The molecule has 0 fully saturated rings. The Morgan fingerprint density at radius 2 is 1.94 bits per heavy atom. The van der Waals surface area contributed by atoms with Crippen molar-refractivity contribution in [2.75, 3.05) is 13.8 Å². The minimum atomic E-state index is -0.497. The normalized spacial score (nSPS) is 14.2. The number of nitrogens with zero attached hydrogens (tertiary/aromatic N) is 1. The van der Waals surface area contributed by atoms with Crippen LogP contribution < -0.4 is 9.47 Å². The van der Waals surface area contributed by atoms with Crippen LogP contribution in [0.25, 0.3) is 0 Å². The minimum absolute atomic E-state index is 0.119. The van der Waals surface area contributed by atoms with Gasteiger partial charge in [0.25, 0.3) is 0 Å². The molecule has 0 spiro atoms. The first kappa shape index (κ1) is 12.4. The van der Waals surface area contributed by atoms with Crippen LogP contribution in [0.1, 0.15) is 24.2 Å². The molecule has 0 aromatic heterocycles. The molecule has 1 aliphatic rings. The van der Waals surface area contributed by atoms with E-state index >= 15 is 0 Å². The second-order valence-electron chi connectivity index (χ2n) is 4.24. The van der Waals surface area contributed by atoms with E-state index in [-0.39, 0.29) is 18.5 Å². The largest absolute Gasteiger partial charge is 0.454 e. The van der Waals surface area contributed by atoms with Crippen molar-refractivity contribution in [2.45, 2.75) is 19.9 Å². The summed E-state index contributed by atoms with van der Waals surface area (Å²) in [5.41, 5.74) is 0.514. The van der Waals surface area contributed by atoms with Gasteiger partial charge >= 0.3 is 0 Å². The van der Waals surface area contributed by atoms with Crippen LogP contribution in [0.2, 0.25) is 0 Å². The van der Waals surface area contributed by atoms with Crippen molar-refractivity contribution >= 4 is 11.7 Å². The molecule has 0 aliphatic carbocycles. The molecular formula is C13H15NO4. The number of Topliss-reactive ketones (excluding diaryl/α,β-unsaturated/α-hetero) is 1. The summed E-state index contributed by atoms with van der Waals surface area (Å²) in [5, 5.41) is 0. The molecule has 0 unspecified atom stereocenters. The molecule has 0 saturated heterocycles. The van der Waals surface area contributed by atoms with E-state index < -0.39 is 6.04 Å². The molecule has 0 bridgehead atoms. The lowest BCUT2D eigenvalue weighted by Crippen LogP contribution is -2.39. The van der Waals surface area contributed by atoms with E-state index in [1.165, 1.54) is 11.8 Å². The molecule has 1 aromatic carbocycles. The number of fused-ring (bicyclic) bond motifs is 1. The van der Waals surface area contributed by atoms with Gasteiger partial charge in [-0.05, 0) is 25.1 Å². The van der Waals surface area contributed by atoms with E-state index in [9.17, 15) is 9.59 Å². The summed E-state index contributed by atoms with van der Waals surface area (Å²) in [5.74, 6) is 0.945. The predicted octanol–water partition coefficient (Wildman–Crippen LogP) is 1.46. The summed E-state index contributed by atoms with van der Waals surface area (Å²) in [6.07, 6.45) is 0. The van der Waals surface area contributed by atoms with E-state index in [0.717, 1.165) is 0 Å². The first-order chi connectivity index (χ1) is 8.50. The molecule has 0 radical (unpaired) electrons. The van der Waals surface area contributed by atoms with Gasteiger partial charge in [-0.3, -0.25) is 9.59 Å². The van der Waals surface area contributed by atoms with Crippen LogP contribution >= 0.6 is 0 Å². The number of benzene rings is 1. The maximum atomic E-state index is 12.2. The highest BCUT2D eigenvalue weighted by Crippen LogP contribution is 2.32. The average Bonchev–Trinajstić information content (AvgIpc) is 2.82. The van der Waals surface area contributed by atoms with Gasteiger partial charge in [-0.1, -0.05) is 0 Å². The second-order valence-corrected chi connectivity index (χ2v) is 4.24. The Kier molecular flexibility index (Phi) is 3.23. The van der Waals surface area contributed by atoms with Gasteiger partial charge in [-0.25, -0.2) is 0 Å². The molecule has 1 aliphatic heterocycles. The minimum Gasteiger partial charge on any atom is -0.454 e. The zero-order valence-electron chi connectivity index (χ0n) is 10.6. The highest BCUT2D eigenvalue weighted by atomic mass is 16.7. The SMILES string of the molecule is CC(=O)N(C)[C@@H](C)C(=O)c1ccc2c(c1)OCO2. The molecule has 0 saturated carbocycles. The third-order valence-corrected chi connectivity index (χ3v) is 3.11. The molecule has 5 heteroatoms. The Balaban J connectivity index is 2.21. The molecular weight excluding hydrogens is 234 g/mol. The standard InChI is InChI=1S/C13H15NO4/c1-8(14(3)9(2)15)13(16)10-4-5-11-12(6-10)18-7-17-11/h4-6,8H,7H2,1-3H3/t8-/m0/s1. The third-order valence-electron chi connectivity index (χ3n) is 3.11. The molecule has 1 aromatic rings. The Morgan fingerprint density at radius 1 is 1.28 bits per heavy atom. The van der Waals surface area contributed by atoms with E-state index in [1.807, 2.05) is 0 Å². The Bertz CT molecular complexity index is 498. The number of carbonyl (C=O) groups excluding carboxylic acids is 2. The van der Waals surface area contributed by atoms with Gasteiger partial charge in [0.1, 0.15) is 0 Å². The van der Waals surface area contributed by atoms with Gasteiger partial charge in [-0.2, -0.15) is 0 Å². The molecule has 1 atom stereocenters. The van der Waals surface area contributed by atoms with Crippen LogP contribution in [0, 0.1) is 0 Å². The summed E-state index contributed by atoms with van der Waals surface area (Å²) in [7, 11) is 1.61. The van der Waals surface area contributed by atoms with Crippen LogP contribution in [0.5, 0.6) is 11.5 Å². The fourth-order valence-corrected chi connectivity index (χ4v) is 1.74. The van der Waals surface area contributed by atoms with Crippen LogP contribution in [0.15, 0.2) is 18.2 Å². The number of hydrogen-bond donors (Lipinski definition) is 0. The molecule has 5 nitrogen and oxygen atoms in total. The second kappa shape index (κ2) is 4.68. The summed E-state index contributed by atoms with van der Waals surface area (Å²) in [6, 6.07) is 4.54. The molecule has 1 amide bonds. The topological polar surface area (TPSA) is 55.8 Å². The number of rotatable bonds is 3. The van der Waals surface area contributed by atoms with E-state index in [0.29, 0.717) is 17.1 Å². The summed E-state index contributed by atoms with van der Waals surface area (Å²) < 4.78 is 10.4. The van der Waals surface area contributed by atoms with Crippen molar-refractivity contribution in [3.63, 3.8) is 0 Å². The Morgan fingerprint density at radius 3 is 2.61 bits per heavy atom. The molecule has 1 heterocycles. The van der Waals surface area contributed by atoms with Crippen molar-refractivity contribution in [1.29, 1.82) is 0 Å². The van der Waals surface area contributed by atoms with Crippen LogP contribution in [0.4, 0.5) is 0 Å². The van der Waals surface area contributed by atoms with Gasteiger partial charge < -0.3 is 14.4 Å². The van der Waals surface area contributed by atoms with Gasteiger partial charge in [0.15, 0.2) is 17.3 Å². The monoisotopic (exact) mass is 249 g/mol. The highest BCUT2D eigenvalue weighted by Gasteiger charge is 2.23. The number of likely N-dealkylation sites (N-methyl/N-ethyl adjacent to an activating group) is 1. The zero-order valence-corrected chi connectivity index (χ0v) is 10.6. The molecule has 18 heavy (non-hydrogen) atoms. The quantitative estimate of drug-likeness (QED) is 0.761. The number of amides is 1. The lowest BCUT2D eigenvalue weighted by atomic mass is 10.0. The molecule has 96 valence electrons. The van der Waals surface area contributed by atoms with Gasteiger partial charge in [-0.15, -0.1) is 0 Å². The van der Waals surface area contributed by atoms with Crippen molar-refractivity contribution in [2.24, 2.45) is 0 Å². The number of ether oxygens (including phenoxy) is 2. The van der Waals surface area contributed by atoms with E-state index in [2.05, 4.69) is 0 Å². The smallest absolute Gasteiger partial charge is 0.231 e. The highest BCUT2D eigenvalue weighted by molar-refractivity contribution is 6.01. The van der Waals surface area contributed by atoms with Crippen LogP contribution in [-0.4, -0.2) is 36.5 Å². The van der Waals surface area contributed by atoms with Gasteiger partial charge in [0.2, 0.25) is 12.7 Å². The van der Waals surface area contributed by atoms with E-state index in [4.69, 9.17) is 9.47 Å². The Labute approximate surface area is 105 Å². The van der Waals surface area contributed by atoms with Crippen molar-refractivity contribution < 1.29 is 19.1 Å². The number of ketones is 1. The zero-order chi connectivity index (χ0) is 13.3. The van der Waals surface area contributed by atoms with E-state index in [1.54, 1.807) is 32.2 Å². The van der Waals surface area contributed by atoms with Crippen molar-refractivity contribution in [3.8, 4) is 11.5 Å². The first-order valence-electron chi connectivity index (χ1n) is 5.68. The number of hydrogen-bond acceptors (Lipinski definition) is 4. The van der Waals surface area contributed by atoms with Crippen LogP contribution in [0.3, 0.4) is 0 Å². The van der Waals surface area contributed by atoms with Crippen molar-refractivity contribution in [1.82, 2.24) is 4.90 Å². The molecule has 2 rings (SSSR count). The fourth-order valence-electron chi connectivity index (χ4n) is 1.74. The maximum absolute atomic E-state index is 12.2. The summed E-state index contributed by atoms with van der Waals surface area (Å²) in [4.78, 5) is 24.8. The van der Waals surface area contributed by atoms with Gasteiger partial charge in [0, 0.05) is 19.5 Å². The Hall–Kier alpha value is -2.04. The van der Waals surface area contributed by atoms with Crippen LogP contribution in [-0.2, 0) is 4.79 Å². The summed E-state index contributed by atoms with van der Waals surface area (Å²) >= 11 is 0. The number of carbonyl (C=O) groups is 2. The fraction of sp³-hybridized carbons (Fsp3) is 0.385. The lowest BCUT2D eigenvalue weighted by molar-refractivity contribution is -0.128. The lowest BCUT2D eigenvalue weighted by Gasteiger charge is -2.22. The summed E-state index contributed by atoms with van der Waals surface area (Å²) in [6.45, 7) is 3.31.